The summed E-state index contributed by atoms with van der Waals surface area (Å²) in [6, 6.07) is 21.2. The number of aryl methyl sites for hydroxylation is 13. The van der Waals surface area contributed by atoms with Crippen molar-refractivity contribution in [2.45, 2.75) is 228 Å². The van der Waals surface area contributed by atoms with Gasteiger partial charge < -0.3 is 0 Å². The van der Waals surface area contributed by atoms with Crippen LogP contribution in [-0.2, 0) is 14.1 Å². The van der Waals surface area contributed by atoms with Crippen LogP contribution < -0.4 is 0 Å². The summed E-state index contributed by atoms with van der Waals surface area (Å²) in [4.78, 5) is 26.3. The van der Waals surface area contributed by atoms with E-state index in [2.05, 4.69) is 124 Å². The zero-order valence-electron chi connectivity index (χ0n) is 69.0. The highest BCUT2D eigenvalue weighted by Gasteiger charge is 1.89. The number of thiazole rings is 1. The normalized spacial score (nSPS) is 7.55. The van der Waals surface area contributed by atoms with Gasteiger partial charge in [0.25, 0.3) is 0 Å². The smallest absolute Gasteiger partial charge is 0.125 e. The summed E-state index contributed by atoms with van der Waals surface area (Å²) < 4.78 is 1.64. The van der Waals surface area contributed by atoms with Gasteiger partial charge >= 0.3 is 0 Å². The van der Waals surface area contributed by atoms with Crippen LogP contribution in [0, 0.1) is 76.2 Å². The highest BCUT2D eigenvalue weighted by Crippen LogP contribution is 2.08. The Morgan fingerprint density at radius 3 is 0.931 bits per heavy atom. The van der Waals surface area contributed by atoms with E-state index < -0.39 is 0 Å². The summed E-state index contributed by atoms with van der Waals surface area (Å²) in [7, 11) is 3.60. The Kier molecular flexibility index (Phi) is 121. The van der Waals surface area contributed by atoms with Crippen molar-refractivity contribution in [1.82, 2.24) is 127 Å². The van der Waals surface area contributed by atoms with Crippen LogP contribution in [0.4, 0.5) is 0 Å². The molecule has 0 spiro atoms. The van der Waals surface area contributed by atoms with E-state index in [1.165, 1.54) is 20.8 Å². The Morgan fingerprint density at radius 1 is 0.327 bits per heavy atom. The second-order valence-corrected chi connectivity index (χ2v) is 16.6. The molecule has 0 aromatic carbocycles. The zero-order valence-corrected chi connectivity index (χ0v) is 69.8. The van der Waals surface area contributed by atoms with Crippen molar-refractivity contribution in [3.63, 3.8) is 0 Å². The van der Waals surface area contributed by atoms with Gasteiger partial charge in [0.1, 0.15) is 5.82 Å². The molecule has 0 fully saturated rings. The molecule has 26 heteroatoms. The lowest BCUT2D eigenvalue weighted by Gasteiger charge is -1.82. The molecule has 0 aliphatic carbocycles. The van der Waals surface area contributed by atoms with Gasteiger partial charge in [0.15, 0.2) is 0 Å². The number of nitrogens with one attached hydrogen (secondary N) is 3. The first-order valence-corrected chi connectivity index (χ1v) is 35.8. The Morgan fingerprint density at radius 2 is 0.772 bits per heavy atom. The van der Waals surface area contributed by atoms with Gasteiger partial charge in [-0.05, 0) is 147 Å². The molecule has 568 valence electrons. The molecule has 0 unspecified atom stereocenters. The molecule has 0 aliphatic heterocycles. The molecule has 0 aliphatic rings. The fourth-order valence-electron chi connectivity index (χ4n) is 4.12. The molecule has 12 aromatic rings. The van der Waals surface area contributed by atoms with Gasteiger partial charge in [-0.1, -0.05) is 170 Å². The van der Waals surface area contributed by atoms with Crippen molar-refractivity contribution in [2.24, 2.45) is 14.1 Å². The molecule has 0 amide bonds. The van der Waals surface area contributed by atoms with Crippen LogP contribution in [0.1, 0.15) is 214 Å². The summed E-state index contributed by atoms with van der Waals surface area (Å²) in [5, 5.41) is 58.2. The predicted molar refractivity (Wildman–Crippen MR) is 429 cm³/mol. The average molecular weight is 1420 g/mol. The van der Waals surface area contributed by atoms with E-state index in [-0.39, 0.29) is 0 Å². The number of H-pyrrole nitrogens is 3. The minimum Gasteiger partial charge on any atom is -0.265 e. The maximum Gasteiger partial charge on any atom is 0.125 e. The number of hydrogen-bond acceptors (Lipinski definition) is 21. The van der Waals surface area contributed by atoms with E-state index in [4.69, 9.17) is 0 Å². The van der Waals surface area contributed by atoms with E-state index in [9.17, 15) is 0 Å². The SMILES string of the molecule is CC.CC.CC.CC.CC.CC.CC.CC.CC.CC.CC.Cc1ccccn1.Cc1cccnc1.Cc1cccnn1.Cc1ccncc1.Cc1ccnnc1.Cc1cn[nH]n1.Cc1cn[nH]n1.Cc1cn[nH]n1.Cc1ncccn1.Cc1ncsc1C.Cn1ccnn1.Cn1nccn1. The summed E-state index contributed by atoms with van der Waals surface area (Å²) in [6.45, 7) is 65.5. The first-order chi connectivity index (χ1) is 49.1. The standard InChI is InChI=1S/3C6H7N.3C5H6N2.C5H7NS.5C3H5N3.11C2H6/c1-6-2-4-7-5-3-6;1-6-3-2-4-7-5-6;1-6-4-2-3-5-7-6;1-5-2-3-6-7-4-5;1-5-6-3-2-4-7-5;1-5-3-2-4-6-7-5;1-4-5(2)7-3-6-4;1-6-3-2-4-5-6;1-6-4-2-3-5-6;3*1-3-2-4-6-5-3;11*1-2/h3*2-5H,1H3;3*2-4H,1H3;3H,1-2H3;2*2-3H,1H3;3*2H,1H3,(H,4,5,6);11*1-2H3. The molecule has 12 heterocycles. The van der Waals surface area contributed by atoms with E-state index in [0.717, 1.165) is 45.6 Å². The second-order valence-electron chi connectivity index (χ2n) is 15.5. The molecule has 0 atom stereocenters. The van der Waals surface area contributed by atoms with E-state index in [1.807, 2.05) is 301 Å². The minimum absolute atomic E-state index is 0.822. The molecule has 101 heavy (non-hydrogen) atoms. The lowest BCUT2D eigenvalue weighted by Crippen LogP contribution is -1.89. The van der Waals surface area contributed by atoms with Gasteiger partial charge in [-0.15, -0.1) is 16.4 Å². The highest BCUT2D eigenvalue weighted by atomic mass is 32.1. The predicted octanol–water partition coefficient (Wildman–Crippen LogP) is 19.5. The Labute approximate surface area is 616 Å². The molecule has 3 N–H and O–H groups in total. The number of nitrogens with zero attached hydrogens (tertiary/aromatic N) is 22. The van der Waals surface area contributed by atoms with Gasteiger partial charge in [-0.25, -0.2) is 15.0 Å². The summed E-state index contributed by atoms with van der Waals surface area (Å²) in [5.74, 6) is 0.822. The lowest BCUT2D eigenvalue weighted by molar-refractivity contribution is 0.654. The van der Waals surface area contributed by atoms with Crippen LogP contribution >= 0.6 is 11.3 Å². The Hall–Kier alpha value is -9.98. The number of hydrogen-bond donors (Lipinski definition) is 3. The van der Waals surface area contributed by atoms with Gasteiger partial charge in [0.2, 0.25) is 0 Å². The lowest BCUT2D eigenvalue weighted by atomic mass is 10.3. The van der Waals surface area contributed by atoms with E-state index in [1.54, 1.807) is 128 Å². The maximum atomic E-state index is 4.03. The van der Waals surface area contributed by atoms with Crippen LogP contribution in [0.25, 0.3) is 0 Å². The largest absolute Gasteiger partial charge is 0.265 e. The molecule has 0 bridgehead atoms. The zero-order chi connectivity index (χ0) is 80.0. The molecule has 12 aromatic heterocycles. The summed E-state index contributed by atoms with van der Waals surface area (Å²) in [5.41, 5.74) is 11.5. The number of aromatic nitrogens is 25. The van der Waals surface area contributed by atoms with Crippen LogP contribution in [0.2, 0.25) is 0 Å². The Bertz CT molecular complexity index is 2560. The van der Waals surface area contributed by atoms with Crippen LogP contribution in [0.15, 0.2) is 178 Å². The van der Waals surface area contributed by atoms with Crippen molar-refractivity contribution >= 4 is 11.3 Å². The molecule has 12 rings (SSSR count). The summed E-state index contributed by atoms with van der Waals surface area (Å²) >= 11 is 1.69. The monoisotopic (exact) mass is 1420 g/mol. The third-order valence-electron chi connectivity index (χ3n) is 8.27. The topological polar surface area (TPSA) is 315 Å². The van der Waals surface area contributed by atoms with Gasteiger partial charge in [-0.3, -0.25) is 19.6 Å². The molecule has 0 saturated carbocycles. The second kappa shape index (κ2) is 106. The van der Waals surface area contributed by atoms with E-state index >= 15 is 0 Å². The average Bonchev–Trinajstić information content (AvgIpc) is 2.56. The number of pyridine rings is 3. The first kappa shape index (κ1) is 115. The fraction of sp³-hybridized carbons (Fsp3) is 0.467. The summed E-state index contributed by atoms with van der Waals surface area (Å²) in [6.07, 6.45) is 29.2. The van der Waals surface area contributed by atoms with E-state index in [0.29, 0.717) is 0 Å². The van der Waals surface area contributed by atoms with Crippen LogP contribution in [0.5, 0.6) is 0 Å². The van der Waals surface area contributed by atoms with Gasteiger partial charge in [0, 0.05) is 86.6 Å². The van der Waals surface area contributed by atoms with Crippen molar-refractivity contribution in [3.8, 4) is 0 Å². The highest BCUT2D eigenvalue weighted by molar-refractivity contribution is 7.09. The fourth-order valence-corrected chi connectivity index (χ4v) is 4.71. The molecule has 25 nitrogen and oxygen atoms in total. The van der Waals surface area contributed by atoms with Gasteiger partial charge in [-0.2, -0.15) is 81.6 Å². The van der Waals surface area contributed by atoms with Crippen LogP contribution in [-0.4, -0.2) is 127 Å². The van der Waals surface area contributed by atoms with Gasteiger partial charge in [0.05, 0.1) is 77.4 Å². The molecular weight excluding hydrogens is 1280 g/mol. The minimum atomic E-state index is 0.822. The Balaban J connectivity index is -0.0000000948. The first-order valence-electron chi connectivity index (χ1n) is 34.9. The molecule has 0 radical (unpaired) electrons. The number of aromatic amines is 3. The molecule has 0 saturated heterocycles. The van der Waals surface area contributed by atoms with Crippen molar-refractivity contribution in [1.29, 1.82) is 0 Å². The number of rotatable bonds is 0. The van der Waals surface area contributed by atoms with Crippen molar-refractivity contribution in [3.05, 3.63) is 239 Å². The third-order valence-corrected chi connectivity index (χ3v) is 9.13. The maximum absolute atomic E-state index is 4.03. The third kappa shape index (κ3) is 101. The van der Waals surface area contributed by atoms with Crippen molar-refractivity contribution < 1.29 is 0 Å². The van der Waals surface area contributed by atoms with Crippen molar-refractivity contribution in [2.75, 3.05) is 0 Å². The van der Waals surface area contributed by atoms with Crippen LogP contribution in [0.3, 0.4) is 0 Å². The quantitative estimate of drug-likeness (QED) is 0.127. The molecular formula is C75H137N25S.